The maximum absolute atomic E-state index is 7.49. The number of hydrogen-bond acceptors (Lipinski definition) is 4. The number of nitrogen functional groups attached to an aromatic ring is 1. The Labute approximate surface area is 120 Å². The van der Waals surface area contributed by atoms with E-state index in [0.717, 1.165) is 18.8 Å². The molecule has 0 amide bonds. The number of rotatable bonds is 3. The minimum absolute atomic E-state index is 0.0404. The zero-order valence-electron chi connectivity index (χ0n) is 11.9. The fourth-order valence-corrected chi connectivity index (χ4v) is 3.32. The Balaban J connectivity index is 1.67. The van der Waals surface area contributed by atoms with Gasteiger partial charge in [-0.05, 0) is 44.5 Å². The Bertz CT molecular complexity index is 481. The second-order valence-corrected chi connectivity index (χ2v) is 5.80. The van der Waals surface area contributed by atoms with Crippen molar-refractivity contribution in [3.63, 3.8) is 0 Å². The molecule has 2 saturated heterocycles. The average Bonchev–Trinajstić information content (AvgIpc) is 2.98. The van der Waals surface area contributed by atoms with E-state index >= 15 is 0 Å². The van der Waals surface area contributed by atoms with Gasteiger partial charge in [-0.15, -0.1) is 0 Å². The van der Waals surface area contributed by atoms with E-state index in [2.05, 4.69) is 14.8 Å². The molecule has 2 aliphatic heterocycles. The largest absolute Gasteiger partial charge is 0.382 e. The number of anilines is 1. The number of nitrogens with zero attached hydrogens (tertiary/aromatic N) is 3. The lowest BCUT2D eigenvalue weighted by Crippen LogP contribution is -2.40. The van der Waals surface area contributed by atoms with Crippen LogP contribution in [0.25, 0.3) is 0 Å². The molecule has 0 bridgehead atoms. The highest BCUT2D eigenvalue weighted by Crippen LogP contribution is 2.25. The van der Waals surface area contributed by atoms with Gasteiger partial charge in [-0.1, -0.05) is 6.42 Å². The maximum atomic E-state index is 7.49. The van der Waals surface area contributed by atoms with Crippen molar-refractivity contribution in [1.29, 1.82) is 5.41 Å². The van der Waals surface area contributed by atoms with Gasteiger partial charge < -0.3 is 10.6 Å². The second-order valence-electron chi connectivity index (χ2n) is 5.80. The van der Waals surface area contributed by atoms with Gasteiger partial charge >= 0.3 is 0 Å². The molecule has 1 atom stereocenters. The molecule has 0 aliphatic carbocycles. The summed E-state index contributed by atoms with van der Waals surface area (Å²) in [6.45, 7) is 4.69. The highest BCUT2D eigenvalue weighted by Gasteiger charge is 2.28. The molecule has 2 fully saturated rings. The molecule has 2 aliphatic rings. The maximum Gasteiger partial charge on any atom is 0.141 e. The summed E-state index contributed by atoms with van der Waals surface area (Å²) in [6.07, 6.45) is 7.07. The van der Waals surface area contributed by atoms with Crippen molar-refractivity contribution < 1.29 is 0 Å². The van der Waals surface area contributed by atoms with E-state index in [1.807, 2.05) is 12.1 Å². The van der Waals surface area contributed by atoms with Crippen LogP contribution < -0.4 is 10.6 Å². The summed E-state index contributed by atoms with van der Waals surface area (Å²) in [6, 6.07) is 4.63. The predicted octanol–water partition coefficient (Wildman–Crippen LogP) is 1.43. The number of likely N-dealkylation sites (tertiary alicyclic amines) is 1. The van der Waals surface area contributed by atoms with Gasteiger partial charge in [0.05, 0.1) is 0 Å². The SMILES string of the molecule is N=C(N)c1cc(N2CCC(N3CCCCC3)C2)ccn1. The number of amidine groups is 1. The number of hydrogen-bond donors (Lipinski definition) is 2. The molecule has 3 heterocycles. The molecule has 1 aromatic heterocycles. The Morgan fingerprint density at radius 1 is 1.25 bits per heavy atom. The molecule has 0 aromatic carbocycles. The molecule has 1 aromatic rings. The average molecular weight is 273 g/mol. The molecule has 1 unspecified atom stereocenters. The highest BCUT2D eigenvalue weighted by molar-refractivity contribution is 5.93. The van der Waals surface area contributed by atoms with Crippen LogP contribution in [-0.2, 0) is 0 Å². The minimum Gasteiger partial charge on any atom is -0.382 e. The van der Waals surface area contributed by atoms with E-state index in [1.54, 1.807) is 6.20 Å². The number of nitrogens with two attached hydrogens (primary N) is 1. The van der Waals surface area contributed by atoms with Crippen molar-refractivity contribution in [2.24, 2.45) is 5.73 Å². The smallest absolute Gasteiger partial charge is 0.141 e. The summed E-state index contributed by atoms with van der Waals surface area (Å²) in [5.41, 5.74) is 7.24. The van der Waals surface area contributed by atoms with Gasteiger partial charge in [0.1, 0.15) is 11.5 Å². The second kappa shape index (κ2) is 5.79. The molecule has 108 valence electrons. The third-order valence-corrected chi connectivity index (χ3v) is 4.46. The van der Waals surface area contributed by atoms with Crippen LogP contribution in [0, 0.1) is 5.41 Å². The van der Waals surface area contributed by atoms with E-state index in [0.29, 0.717) is 11.7 Å². The van der Waals surface area contributed by atoms with Gasteiger partial charge in [0.2, 0.25) is 0 Å². The van der Waals surface area contributed by atoms with Crippen LogP contribution in [0.2, 0.25) is 0 Å². The van der Waals surface area contributed by atoms with Gasteiger partial charge in [-0.3, -0.25) is 15.3 Å². The quantitative estimate of drug-likeness (QED) is 0.646. The molecule has 5 nitrogen and oxygen atoms in total. The molecule has 20 heavy (non-hydrogen) atoms. The van der Waals surface area contributed by atoms with E-state index < -0.39 is 0 Å². The van der Waals surface area contributed by atoms with Crippen molar-refractivity contribution in [2.75, 3.05) is 31.1 Å². The van der Waals surface area contributed by atoms with Gasteiger partial charge in [-0.2, -0.15) is 0 Å². The lowest BCUT2D eigenvalue weighted by Gasteiger charge is -2.32. The Kier molecular flexibility index (Phi) is 3.87. The van der Waals surface area contributed by atoms with Crippen LogP contribution in [0.3, 0.4) is 0 Å². The van der Waals surface area contributed by atoms with E-state index in [-0.39, 0.29) is 5.84 Å². The summed E-state index contributed by atoms with van der Waals surface area (Å²) in [4.78, 5) is 9.18. The monoisotopic (exact) mass is 273 g/mol. The molecular formula is C15H23N5. The fourth-order valence-electron chi connectivity index (χ4n) is 3.32. The Hall–Kier alpha value is -1.62. The predicted molar refractivity (Wildman–Crippen MR) is 81.3 cm³/mol. The van der Waals surface area contributed by atoms with Crippen molar-refractivity contribution in [3.8, 4) is 0 Å². The van der Waals surface area contributed by atoms with E-state index in [4.69, 9.17) is 11.1 Å². The summed E-state index contributed by atoms with van der Waals surface area (Å²) in [5, 5.41) is 7.49. The number of aromatic nitrogens is 1. The van der Waals surface area contributed by atoms with Crippen LogP contribution in [0.15, 0.2) is 18.3 Å². The molecule has 0 spiro atoms. The molecule has 0 saturated carbocycles. The lowest BCUT2D eigenvalue weighted by molar-refractivity contribution is 0.175. The zero-order valence-corrected chi connectivity index (χ0v) is 11.9. The van der Waals surface area contributed by atoms with Gasteiger partial charge in [-0.25, -0.2) is 0 Å². The third-order valence-electron chi connectivity index (χ3n) is 4.46. The van der Waals surface area contributed by atoms with Crippen LogP contribution in [0.4, 0.5) is 5.69 Å². The summed E-state index contributed by atoms with van der Waals surface area (Å²) in [5.74, 6) is 0.0404. The number of piperidine rings is 1. The molecule has 3 N–H and O–H groups in total. The van der Waals surface area contributed by atoms with Gasteiger partial charge in [0, 0.05) is 31.0 Å². The first kappa shape index (κ1) is 13.4. The highest BCUT2D eigenvalue weighted by atomic mass is 15.3. The number of nitrogens with one attached hydrogen (secondary N) is 1. The van der Waals surface area contributed by atoms with Gasteiger partial charge in [0.15, 0.2) is 0 Å². The summed E-state index contributed by atoms with van der Waals surface area (Å²) in [7, 11) is 0. The fraction of sp³-hybridized carbons (Fsp3) is 0.600. The first-order chi connectivity index (χ1) is 9.74. The van der Waals surface area contributed by atoms with Crippen molar-refractivity contribution >= 4 is 11.5 Å². The minimum atomic E-state index is 0.0404. The van der Waals surface area contributed by atoms with Crippen molar-refractivity contribution in [3.05, 3.63) is 24.0 Å². The van der Waals surface area contributed by atoms with E-state index in [9.17, 15) is 0 Å². The molecular weight excluding hydrogens is 250 g/mol. The zero-order chi connectivity index (χ0) is 13.9. The van der Waals surface area contributed by atoms with Crippen molar-refractivity contribution in [2.45, 2.75) is 31.7 Å². The van der Waals surface area contributed by atoms with Crippen LogP contribution in [0.1, 0.15) is 31.4 Å². The first-order valence-electron chi connectivity index (χ1n) is 7.53. The van der Waals surface area contributed by atoms with Gasteiger partial charge in [0.25, 0.3) is 0 Å². The first-order valence-corrected chi connectivity index (χ1v) is 7.53. The van der Waals surface area contributed by atoms with Crippen LogP contribution in [-0.4, -0.2) is 47.9 Å². The Morgan fingerprint density at radius 2 is 2.05 bits per heavy atom. The lowest BCUT2D eigenvalue weighted by atomic mass is 10.1. The third kappa shape index (κ3) is 2.77. The molecule has 3 rings (SSSR count). The number of pyridine rings is 1. The van der Waals surface area contributed by atoms with E-state index in [1.165, 1.54) is 38.8 Å². The van der Waals surface area contributed by atoms with Crippen molar-refractivity contribution in [1.82, 2.24) is 9.88 Å². The standard InChI is InChI=1S/C15H23N5/c16-15(17)14-10-12(4-6-18-14)20-9-5-13(11-20)19-7-2-1-3-8-19/h4,6,10,13H,1-3,5,7-9,11H2,(H3,16,17). The molecule has 0 radical (unpaired) electrons. The topological polar surface area (TPSA) is 69.2 Å². The normalized spacial score (nSPS) is 24.0. The Morgan fingerprint density at radius 3 is 2.80 bits per heavy atom. The summed E-state index contributed by atoms with van der Waals surface area (Å²) < 4.78 is 0. The van der Waals surface area contributed by atoms with Crippen LogP contribution in [0.5, 0.6) is 0 Å². The summed E-state index contributed by atoms with van der Waals surface area (Å²) >= 11 is 0. The molecule has 5 heteroatoms. The van der Waals surface area contributed by atoms with Crippen LogP contribution >= 0.6 is 0 Å².